The number of nitro benzene ring substituents is 1. The number of thiazole rings is 1. The number of aromatic nitrogens is 1. The van der Waals surface area contributed by atoms with Crippen LogP contribution < -0.4 is 10.1 Å². The lowest BCUT2D eigenvalue weighted by Gasteiger charge is -2.15. The molecule has 1 unspecified atom stereocenters. The third-order valence-electron chi connectivity index (χ3n) is 2.59. The molecule has 1 N–H and O–H groups in total. The van der Waals surface area contributed by atoms with E-state index in [4.69, 9.17) is 4.74 Å². The van der Waals surface area contributed by atoms with Crippen LogP contribution in [-0.4, -0.2) is 17.0 Å². The van der Waals surface area contributed by atoms with E-state index in [1.165, 1.54) is 30.6 Å². The zero-order valence-corrected chi connectivity index (χ0v) is 11.3. The summed E-state index contributed by atoms with van der Waals surface area (Å²) in [5.41, 5.74) is 0.606. The quantitative estimate of drug-likeness (QED) is 0.671. The van der Waals surface area contributed by atoms with Crippen LogP contribution in [0.3, 0.4) is 0 Å². The van der Waals surface area contributed by atoms with Gasteiger partial charge < -0.3 is 10.1 Å². The predicted octanol–water partition coefficient (Wildman–Crippen LogP) is 3.23. The molecule has 19 heavy (non-hydrogen) atoms. The van der Waals surface area contributed by atoms with E-state index in [2.05, 4.69) is 10.3 Å². The molecule has 1 atom stereocenters. The summed E-state index contributed by atoms with van der Waals surface area (Å²) < 4.78 is 5.20. The molecule has 0 aliphatic heterocycles. The highest BCUT2D eigenvalue weighted by molar-refractivity contribution is 7.09. The first-order valence-corrected chi connectivity index (χ1v) is 6.48. The molecule has 0 saturated heterocycles. The van der Waals surface area contributed by atoms with Gasteiger partial charge in [-0.25, -0.2) is 4.98 Å². The summed E-state index contributed by atoms with van der Waals surface area (Å²) in [6, 6.07) is 4.41. The molecule has 7 heteroatoms. The Labute approximate surface area is 114 Å². The largest absolute Gasteiger partial charge is 0.495 e. The van der Waals surface area contributed by atoms with Crippen molar-refractivity contribution < 1.29 is 9.66 Å². The summed E-state index contributed by atoms with van der Waals surface area (Å²) in [5, 5.41) is 16.8. The third-order valence-corrected chi connectivity index (χ3v) is 3.55. The second kappa shape index (κ2) is 5.66. The maximum Gasteiger partial charge on any atom is 0.271 e. The minimum atomic E-state index is -0.432. The van der Waals surface area contributed by atoms with Gasteiger partial charge in [-0.1, -0.05) is 0 Å². The molecular formula is C12H13N3O3S. The van der Waals surface area contributed by atoms with Gasteiger partial charge in [0.05, 0.1) is 23.8 Å². The van der Waals surface area contributed by atoms with Crippen LogP contribution in [-0.2, 0) is 0 Å². The lowest BCUT2D eigenvalue weighted by atomic mass is 10.2. The monoisotopic (exact) mass is 279 g/mol. The molecule has 1 aromatic heterocycles. The van der Waals surface area contributed by atoms with E-state index in [0.717, 1.165) is 5.01 Å². The summed E-state index contributed by atoms with van der Waals surface area (Å²) in [6.07, 6.45) is 1.73. The van der Waals surface area contributed by atoms with Gasteiger partial charge in [0.15, 0.2) is 0 Å². The maximum absolute atomic E-state index is 10.8. The standard InChI is InChI=1S/C12H13N3O3S/c1-8(12-13-5-6-19-12)14-10-7-9(15(16)17)3-4-11(10)18-2/h3-8,14H,1-2H3. The number of non-ortho nitro benzene ring substituents is 1. The SMILES string of the molecule is COc1ccc([N+](=O)[O-])cc1NC(C)c1nccs1. The Morgan fingerprint density at radius 2 is 2.32 bits per heavy atom. The van der Waals surface area contributed by atoms with Gasteiger partial charge in [-0.05, 0) is 13.0 Å². The average Bonchev–Trinajstić information content (AvgIpc) is 2.92. The van der Waals surface area contributed by atoms with Crippen molar-refractivity contribution in [1.29, 1.82) is 0 Å². The van der Waals surface area contributed by atoms with E-state index < -0.39 is 4.92 Å². The van der Waals surface area contributed by atoms with Gasteiger partial charge in [0.2, 0.25) is 0 Å². The van der Waals surface area contributed by atoms with E-state index in [1.54, 1.807) is 12.3 Å². The molecule has 0 fully saturated rings. The van der Waals surface area contributed by atoms with E-state index in [1.807, 2.05) is 12.3 Å². The summed E-state index contributed by atoms with van der Waals surface area (Å²) in [7, 11) is 1.53. The first-order chi connectivity index (χ1) is 9.11. The minimum absolute atomic E-state index is 0.0228. The van der Waals surface area contributed by atoms with Gasteiger partial charge in [-0.2, -0.15) is 0 Å². The number of benzene rings is 1. The maximum atomic E-state index is 10.8. The van der Waals surface area contributed by atoms with E-state index in [-0.39, 0.29) is 11.7 Å². The number of nitro groups is 1. The molecule has 0 spiro atoms. The Bertz CT molecular complexity index is 572. The Hall–Kier alpha value is -2.15. The van der Waals surface area contributed by atoms with E-state index >= 15 is 0 Å². The Kier molecular flexibility index (Phi) is 3.96. The lowest BCUT2D eigenvalue weighted by molar-refractivity contribution is -0.384. The van der Waals surface area contributed by atoms with Crippen molar-refractivity contribution in [1.82, 2.24) is 4.98 Å². The van der Waals surface area contributed by atoms with Gasteiger partial charge >= 0.3 is 0 Å². The molecule has 100 valence electrons. The first-order valence-electron chi connectivity index (χ1n) is 5.60. The van der Waals surface area contributed by atoms with Crippen molar-refractivity contribution >= 4 is 22.7 Å². The summed E-state index contributed by atoms with van der Waals surface area (Å²) in [5.74, 6) is 0.564. The normalized spacial score (nSPS) is 11.9. The van der Waals surface area contributed by atoms with Gasteiger partial charge in [0, 0.05) is 23.7 Å². The molecule has 2 aromatic rings. The van der Waals surface area contributed by atoms with Crippen LogP contribution in [0.4, 0.5) is 11.4 Å². The number of hydrogen-bond donors (Lipinski definition) is 1. The summed E-state index contributed by atoms with van der Waals surface area (Å²) >= 11 is 1.53. The van der Waals surface area contributed by atoms with Gasteiger partial charge in [0.25, 0.3) is 5.69 Å². The van der Waals surface area contributed by atoms with E-state index in [9.17, 15) is 10.1 Å². The fourth-order valence-corrected chi connectivity index (χ4v) is 2.31. The molecule has 1 aromatic carbocycles. The number of methoxy groups -OCH3 is 1. The molecule has 0 radical (unpaired) electrons. The number of nitrogens with zero attached hydrogens (tertiary/aromatic N) is 2. The number of anilines is 1. The molecule has 2 rings (SSSR count). The Balaban J connectivity index is 2.27. The van der Waals surface area contributed by atoms with Crippen LogP contribution in [0, 0.1) is 10.1 Å². The fraction of sp³-hybridized carbons (Fsp3) is 0.250. The van der Waals surface area contributed by atoms with Crippen LogP contribution in [0.15, 0.2) is 29.8 Å². The summed E-state index contributed by atoms with van der Waals surface area (Å²) in [4.78, 5) is 14.6. The fourth-order valence-electron chi connectivity index (χ4n) is 1.67. The number of rotatable bonds is 5. The topological polar surface area (TPSA) is 77.3 Å². The molecule has 0 aliphatic carbocycles. The highest BCUT2D eigenvalue weighted by atomic mass is 32.1. The van der Waals surface area contributed by atoms with Gasteiger partial charge in [0.1, 0.15) is 10.8 Å². The second-order valence-corrected chi connectivity index (χ2v) is 4.80. The van der Waals surface area contributed by atoms with Crippen LogP contribution in [0.5, 0.6) is 5.75 Å². The van der Waals surface area contributed by atoms with Crippen molar-refractivity contribution in [2.75, 3.05) is 12.4 Å². The van der Waals surface area contributed by atoms with Crippen LogP contribution in [0.25, 0.3) is 0 Å². The van der Waals surface area contributed by atoms with E-state index in [0.29, 0.717) is 11.4 Å². The molecular weight excluding hydrogens is 266 g/mol. The Morgan fingerprint density at radius 3 is 2.89 bits per heavy atom. The Morgan fingerprint density at radius 1 is 1.53 bits per heavy atom. The lowest BCUT2D eigenvalue weighted by Crippen LogP contribution is -2.07. The molecule has 0 aliphatic rings. The predicted molar refractivity (Wildman–Crippen MR) is 73.8 cm³/mol. The molecule has 0 saturated carbocycles. The van der Waals surface area contributed by atoms with Gasteiger partial charge in [-0.15, -0.1) is 11.3 Å². The van der Waals surface area contributed by atoms with Crippen molar-refractivity contribution in [3.05, 3.63) is 44.9 Å². The zero-order valence-electron chi connectivity index (χ0n) is 10.5. The van der Waals surface area contributed by atoms with Crippen molar-refractivity contribution in [2.45, 2.75) is 13.0 Å². The molecule has 6 nitrogen and oxygen atoms in total. The van der Waals surface area contributed by atoms with Crippen molar-refractivity contribution in [2.24, 2.45) is 0 Å². The molecule has 1 heterocycles. The average molecular weight is 279 g/mol. The second-order valence-electron chi connectivity index (χ2n) is 3.88. The summed E-state index contributed by atoms with van der Waals surface area (Å²) in [6.45, 7) is 1.94. The smallest absolute Gasteiger partial charge is 0.271 e. The number of ether oxygens (including phenoxy) is 1. The molecule has 0 amide bonds. The van der Waals surface area contributed by atoms with Gasteiger partial charge in [-0.3, -0.25) is 10.1 Å². The molecule has 0 bridgehead atoms. The van der Waals surface area contributed by atoms with Crippen molar-refractivity contribution in [3.63, 3.8) is 0 Å². The van der Waals surface area contributed by atoms with Crippen LogP contribution >= 0.6 is 11.3 Å². The van der Waals surface area contributed by atoms with Crippen molar-refractivity contribution in [3.8, 4) is 5.75 Å². The highest BCUT2D eigenvalue weighted by Gasteiger charge is 2.15. The zero-order chi connectivity index (χ0) is 13.8. The van der Waals surface area contributed by atoms with Crippen LogP contribution in [0.2, 0.25) is 0 Å². The number of nitrogens with one attached hydrogen (secondary N) is 1. The van der Waals surface area contributed by atoms with Crippen LogP contribution in [0.1, 0.15) is 18.0 Å². The first kappa shape index (κ1) is 13.3. The number of hydrogen-bond acceptors (Lipinski definition) is 6. The highest BCUT2D eigenvalue weighted by Crippen LogP contribution is 2.32. The minimum Gasteiger partial charge on any atom is -0.495 e. The third kappa shape index (κ3) is 3.00.